The summed E-state index contributed by atoms with van der Waals surface area (Å²) in [6.45, 7) is 3.75. The molecule has 0 amide bonds. The van der Waals surface area contributed by atoms with Gasteiger partial charge < -0.3 is 0 Å². The van der Waals surface area contributed by atoms with E-state index in [0.29, 0.717) is 37.2 Å². The molecular weight excluding hydrogens is 152 g/mol. The number of carbonyl (C=O) groups excluding carboxylic acids is 2. The van der Waals surface area contributed by atoms with Crippen LogP contribution in [-0.2, 0) is 9.59 Å². The standard InChI is InChI=1S/C10H18O2/c1-3-9(11)7-5-6-8-10(12)4-2/h3-8H2,1-2H3. The van der Waals surface area contributed by atoms with E-state index in [1.807, 2.05) is 13.8 Å². The molecule has 0 rings (SSSR count). The fraction of sp³-hybridized carbons (Fsp3) is 0.800. The molecule has 0 saturated carbocycles. The maximum Gasteiger partial charge on any atom is 0.132 e. The molecule has 12 heavy (non-hydrogen) atoms. The van der Waals surface area contributed by atoms with Gasteiger partial charge in [0, 0.05) is 25.7 Å². The van der Waals surface area contributed by atoms with E-state index in [4.69, 9.17) is 0 Å². The Labute approximate surface area is 74.3 Å². The molecule has 70 valence electrons. The van der Waals surface area contributed by atoms with E-state index < -0.39 is 0 Å². The molecule has 0 aliphatic heterocycles. The minimum absolute atomic E-state index is 0.305. The van der Waals surface area contributed by atoms with Gasteiger partial charge in [0.2, 0.25) is 0 Å². The van der Waals surface area contributed by atoms with Crippen LogP contribution in [0.15, 0.2) is 0 Å². The van der Waals surface area contributed by atoms with Gasteiger partial charge in [-0.15, -0.1) is 0 Å². The summed E-state index contributed by atoms with van der Waals surface area (Å²) in [5.41, 5.74) is 0. The summed E-state index contributed by atoms with van der Waals surface area (Å²) in [5, 5.41) is 0. The Balaban J connectivity index is 3.21. The van der Waals surface area contributed by atoms with Gasteiger partial charge in [0.25, 0.3) is 0 Å². The summed E-state index contributed by atoms with van der Waals surface area (Å²) >= 11 is 0. The normalized spacial score (nSPS) is 9.83. The topological polar surface area (TPSA) is 34.1 Å². The van der Waals surface area contributed by atoms with Crippen LogP contribution in [-0.4, -0.2) is 11.6 Å². The van der Waals surface area contributed by atoms with E-state index in [1.165, 1.54) is 0 Å². The third kappa shape index (κ3) is 6.08. The number of carbonyl (C=O) groups is 2. The van der Waals surface area contributed by atoms with Gasteiger partial charge in [-0.25, -0.2) is 0 Å². The van der Waals surface area contributed by atoms with Crippen molar-refractivity contribution in [2.45, 2.75) is 52.4 Å². The SMILES string of the molecule is CCC(=O)CCCCC(=O)CC. The van der Waals surface area contributed by atoms with Crippen LogP contribution in [0.4, 0.5) is 0 Å². The zero-order valence-electron chi connectivity index (χ0n) is 8.06. The molecule has 2 nitrogen and oxygen atoms in total. The molecule has 2 heteroatoms. The van der Waals surface area contributed by atoms with Crippen LogP contribution < -0.4 is 0 Å². The van der Waals surface area contributed by atoms with Gasteiger partial charge in [-0.1, -0.05) is 13.8 Å². The zero-order valence-corrected chi connectivity index (χ0v) is 8.06. The second-order valence-electron chi connectivity index (χ2n) is 2.99. The Bertz CT molecular complexity index is 132. The lowest BCUT2D eigenvalue weighted by Gasteiger charge is -1.97. The Morgan fingerprint density at radius 1 is 0.833 bits per heavy atom. The van der Waals surface area contributed by atoms with Crippen molar-refractivity contribution in [1.29, 1.82) is 0 Å². The first kappa shape index (κ1) is 11.3. The summed E-state index contributed by atoms with van der Waals surface area (Å²) < 4.78 is 0. The molecule has 0 saturated heterocycles. The van der Waals surface area contributed by atoms with E-state index in [9.17, 15) is 9.59 Å². The molecule has 0 N–H and O–H groups in total. The minimum Gasteiger partial charge on any atom is -0.300 e. The summed E-state index contributed by atoms with van der Waals surface area (Å²) in [4.78, 5) is 21.7. The van der Waals surface area contributed by atoms with E-state index in [0.717, 1.165) is 12.8 Å². The van der Waals surface area contributed by atoms with Crippen LogP contribution in [0, 0.1) is 0 Å². The van der Waals surface area contributed by atoms with Crippen LogP contribution in [0.3, 0.4) is 0 Å². The number of ketones is 2. The van der Waals surface area contributed by atoms with Crippen LogP contribution in [0.2, 0.25) is 0 Å². The summed E-state index contributed by atoms with van der Waals surface area (Å²) in [7, 11) is 0. The van der Waals surface area contributed by atoms with E-state index >= 15 is 0 Å². The van der Waals surface area contributed by atoms with Crippen LogP contribution >= 0.6 is 0 Å². The van der Waals surface area contributed by atoms with Gasteiger partial charge in [0.1, 0.15) is 11.6 Å². The lowest BCUT2D eigenvalue weighted by Crippen LogP contribution is -1.97. The second kappa shape index (κ2) is 7.01. The summed E-state index contributed by atoms with van der Waals surface area (Å²) in [6, 6.07) is 0. The Hall–Kier alpha value is -0.660. The highest BCUT2D eigenvalue weighted by molar-refractivity contribution is 5.79. The maximum absolute atomic E-state index is 10.8. The van der Waals surface area contributed by atoms with Crippen molar-refractivity contribution in [3.63, 3.8) is 0 Å². The smallest absolute Gasteiger partial charge is 0.132 e. The van der Waals surface area contributed by atoms with Crippen molar-refractivity contribution in [3.8, 4) is 0 Å². The predicted molar refractivity (Wildman–Crippen MR) is 49.1 cm³/mol. The fourth-order valence-electron chi connectivity index (χ4n) is 0.998. The summed E-state index contributed by atoms with van der Waals surface area (Å²) in [6.07, 6.45) is 4.29. The van der Waals surface area contributed by atoms with Gasteiger partial charge >= 0.3 is 0 Å². The quantitative estimate of drug-likeness (QED) is 0.550. The number of Topliss-reactive ketones (excluding diaryl/α,β-unsaturated/α-hetero) is 2. The van der Waals surface area contributed by atoms with Gasteiger partial charge in [-0.2, -0.15) is 0 Å². The first-order chi connectivity index (χ1) is 5.70. The van der Waals surface area contributed by atoms with Crippen molar-refractivity contribution in [1.82, 2.24) is 0 Å². The lowest BCUT2D eigenvalue weighted by atomic mass is 10.1. The molecule has 0 radical (unpaired) electrons. The highest BCUT2D eigenvalue weighted by Gasteiger charge is 2.00. The average Bonchev–Trinajstić information content (AvgIpc) is 2.11. The molecular formula is C10H18O2. The molecule has 0 spiro atoms. The fourth-order valence-corrected chi connectivity index (χ4v) is 0.998. The Morgan fingerprint density at radius 3 is 1.42 bits per heavy atom. The summed E-state index contributed by atoms with van der Waals surface area (Å²) in [5.74, 6) is 0.609. The molecule has 0 atom stereocenters. The van der Waals surface area contributed by atoms with Gasteiger partial charge in [0.05, 0.1) is 0 Å². The van der Waals surface area contributed by atoms with E-state index in [-0.39, 0.29) is 0 Å². The van der Waals surface area contributed by atoms with Gasteiger partial charge in [-0.3, -0.25) is 9.59 Å². The molecule has 0 aromatic heterocycles. The van der Waals surface area contributed by atoms with Crippen molar-refractivity contribution >= 4 is 11.6 Å². The highest BCUT2D eigenvalue weighted by atomic mass is 16.1. The first-order valence-corrected chi connectivity index (χ1v) is 4.74. The van der Waals surface area contributed by atoms with E-state index in [2.05, 4.69) is 0 Å². The number of hydrogen-bond donors (Lipinski definition) is 0. The van der Waals surface area contributed by atoms with Crippen molar-refractivity contribution < 1.29 is 9.59 Å². The monoisotopic (exact) mass is 170 g/mol. The largest absolute Gasteiger partial charge is 0.300 e. The second-order valence-corrected chi connectivity index (χ2v) is 2.99. The molecule has 0 bridgehead atoms. The van der Waals surface area contributed by atoms with Crippen molar-refractivity contribution in [3.05, 3.63) is 0 Å². The number of hydrogen-bond acceptors (Lipinski definition) is 2. The van der Waals surface area contributed by atoms with Gasteiger partial charge in [-0.05, 0) is 12.8 Å². The number of unbranched alkanes of at least 4 members (excludes halogenated alkanes) is 1. The predicted octanol–water partition coefficient (Wildman–Crippen LogP) is 2.51. The zero-order chi connectivity index (χ0) is 9.40. The third-order valence-electron chi connectivity index (χ3n) is 1.95. The third-order valence-corrected chi connectivity index (χ3v) is 1.95. The molecule has 0 aliphatic carbocycles. The molecule has 0 heterocycles. The average molecular weight is 170 g/mol. The van der Waals surface area contributed by atoms with Gasteiger partial charge in [0.15, 0.2) is 0 Å². The van der Waals surface area contributed by atoms with Crippen LogP contribution in [0.1, 0.15) is 52.4 Å². The maximum atomic E-state index is 10.8. The first-order valence-electron chi connectivity index (χ1n) is 4.74. The highest BCUT2D eigenvalue weighted by Crippen LogP contribution is 2.03. The molecule has 0 aromatic rings. The Morgan fingerprint density at radius 2 is 1.17 bits per heavy atom. The molecule has 0 unspecified atom stereocenters. The van der Waals surface area contributed by atoms with Crippen molar-refractivity contribution in [2.24, 2.45) is 0 Å². The van der Waals surface area contributed by atoms with E-state index in [1.54, 1.807) is 0 Å². The number of rotatable bonds is 7. The van der Waals surface area contributed by atoms with Crippen molar-refractivity contribution in [2.75, 3.05) is 0 Å². The van der Waals surface area contributed by atoms with Crippen LogP contribution in [0.25, 0.3) is 0 Å². The minimum atomic E-state index is 0.305. The lowest BCUT2D eigenvalue weighted by molar-refractivity contribution is -0.120. The molecule has 0 aromatic carbocycles. The molecule has 0 fully saturated rings. The van der Waals surface area contributed by atoms with Crippen LogP contribution in [0.5, 0.6) is 0 Å². The molecule has 0 aliphatic rings. The Kier molecular flexibility index (Phi) is 6.63.